The Morgan fingerprint density at radius 2 is 1.80 bits per heavy atom. The second-order valence-electron chi connectivity index (χ2n) is 4.42. The van der Waals surface area contributed by atoms with Gasteiger partial charge in [0.25, 0.3) is 0 Å². The van der Waals surface area contributed by atoms with E-state index in [0.717, 1.165) is 5.56 Å². The topological polar surface area (TPSA) is 72.2 Å². The lowest BCUT2D eigenvalue weighted by Crippen LogP contribution is -2.24. The Bertz CT molecular complexity index is 712. The zero-order chi connectivity index (χ0) is 14.8. The lowest BCUT2D eigenvalue weighted by Gasteiger charge is -2.10. The molecule has 0 fully saturated rings. The fourth-order valence-corrected chi connectivity index (χ4v) is 3.20. The summed E-state index contributed by atoms with van der Waals surface area (Å²) in [6.07, 6.45) is 0. The smallest absolute Gasteiger partial charge is 0.241 e. The van der Waals surface area contributed by atoms with Gasteiger partial charge in [0.1, 0.15) is 0 Å². The van der Waals surface area contributed by atoms with Crippen molar-refractivity contribution in [2.75, 3.05) is 5.73 Å². The molecule has 0 spiro atoms. The van der Waals surface area contributed by atoms with Gasteiger partial charge in [-0.3, -0.25) is 0 Å². The fraction of sp³-hybridized carbons (Fsp3) is 0.143. The van der Waals surface area contributed by atoms with Crippen LogP contribution in [0, 0.1) is 6.92 Å². The van der Waals surface area contributed by atoms with E-state index in [1.165, 1.54) is 6.07 Å². The third-order valence-corrected chi connectivity index (χ3v) is 4.79. The molecule has 106 valence electrons. The van der Waals surface area contributed by atoms with Crippen molar-refractivity contribution in [2.24, 2.45) is 0 Å². The first-order valence-corrected chi connectivity index (χ1v) is 7.85. The maximum atomic E-state index is 12.3. The van der Waals surface area contributed by atoms with Crippen LogP contribution in [0.5, 0.6) is 0 Å². The Balaban J connectivity index is 2.19. The number of nitrogen functional groups attached to an aromatic ring is 1. The van der Waals surface area contributed by atoms with Crippen LogP contribution in [0.1, 0.15) is 11.1 Å². The summed E-state index contributed by atoms with van der Waals surface area (Å²) in [6.45, 7) is 1.89. The summed E-state index contributed by atoms with van der Waals surface area (Å²) in [4.78, 5) is 0.200. The van der Waals surface area contributed by atoms with Crippen LogP contribution in [0.3, 0.4) is 0 Å². The van der Waals surface area contributed by atoms with Crippen molar-refractivity contribution >= 4 is 27.3 Å². The highest BCUT2D eigenvalue weighted by atomic mass is 35.5. The molecule has 0 heterocycles. The number of anilines is 1. The van der Waals surface area contributed by atoms with Gasteiger partial charge in [0.2, 0.25) is 10.0 Å². The van der Waals surface area contributed by atoms with Gasteiger partial charge in [0, 0.05) is 17.3 Å². The van der Waals surface area contributed by atoms with Crippen LogP contribution in [0.2, 0.25) is 5.02 Å². The Morgan fingerprint density at radius 3 is 2.45 bits per heavy atom. The van der Waals surface area contributed by atoms with E-state index in [1.54, 1.807) is 43.3 Å². The summed E-state index contributed by atoms with van der Waals surface area (Å²) in [5, 5.41) is 0.614. The summed E-state index contributed by atoms with van der Waals surface area (Å²) < 4.78 is 27.1. The number of sulfonamides is 1. The second-order valence-corrected chi connectivity index (χ2v) is 6.59. The van der Waals surface area contributed by atoms with Crippen molar-refractivity contribution in [3.8, 4) is 0 Å². The number of nitrogens with two attached hydrogens (primary N) is 1. The van der Waals surface area contributed by atoms with E-state index in [-0.39, 0.29) is 11.4 Å². The highest BCUT2D eigenvalue weighted by molar-refractivity contribution is 7.89. The Morgan fingerprint density at radius 1 is 1.15 bits per heavy atom. The highest BCUT2D eigenvalue weighted by Crippen LogP contribution is 2.20. The molecule has 0 aromatic heterocycles. The highest BCUT2D eigenvalue weighted by Gasteiger charge is 2.17. The number of rotatable bonds is 4. The molecule has 0 amide bonds. The fourth-order valence-electron chi connectivity index (χ4n) is 1.78. The predicted octanol–water partition coefficient (Wildman–Crippen LogP) is 2.71. The molecular weight excluding hydrogens is 296 g/mol. The van der Waals surface area contributed by atoms with Gasteiger partial charge in [-0.15, -0.1) is 0 Å². The summed E-state index contributed by atoms with van der Waals surface area (Å²) in [7, 11) is -3.58. The summed E-state index contributed by atoms with van der Waals surface area (Å²) in [5.74, 6) is 0. The van der Waals surface area contributed by atoms with E-state index in [2.05, 4.69) is 4.72 Å². The standard InChI is InChI=1S/C14H15ClN2O2S/c1-10-13(16)3-2-4-14(10)20(18,19)17-9-11-5-7-12(15)8-6-11/h2-8,17H,9,16H2,1H3. The molecule has 3 N–H and O–H groups in total. The van der Waals surface area contributed by atoms with Gasteiger partial charge in [0.15, 0.2) is 0 Å². The molecule has 2 aromatic rings. The first-order valence-electron chi connectivity index (χ1n) is 5.99. The third kappa shape index (κ3) is 3.30. The van der Waals surface area contributed by atoms with Gasteiger partial charge in [-0.05, 0) is 42.3 Å². The van der Waals surface area contributed by atoms with Crippen molar-refractivity contribution in [2.45, 2.75) is 18.4 Å². The van der Waals surface area contributed by atoms with E-state index < -0.39 is 10.0 Å². The predicted molar refractivity (Wildman–Crippen MR) is 81.1 cm³/mol. The zero-order valence-corrected chi connectivity index (χ0v) is 12.5. The Kier molecular flexibility index (Phi) is 4.32. The van der Waals surface area contributed by atoms with Crippen LogP contribution in [-0.4, -0.2) is 8.42 Å². The first-order chi connectivity index (χ1) is 9.40. The molecule has 2 aromatic carbocycles. The van der Waals surface area contributed by atoms with Crippen LogP contribution in [0.25, 0.3) is 0 Å². The molecule has 2 rings (SSSR count). The van der Waals surface area contributed by atoms with E-state index in [1.807, 2.05) is 0 Å². The minimum Gasteiger partial charge on any atom is -0.398 e. The lowest BCUT2D eigenvalue weighted by atomic mass is 10.2. The van der Waals surface area contributed by atoms with Gasteiger partial charge in [-0.2, -0.15) is 0 Å². The van der Waals surface area contributed by atoms with Crippen molar-refractivity contribution in [3.63, 3.8) is 0 Å². The molecule has 4 nitrogen and oxygen atoms in total. The van der Waals surface area contributed by atoms with Crippen molar-refractivity contribution < 1.29 is 8.42 Å². The van der Waals surface area contributed by atoms with Crippen molar-refractivity contribution in [3.05, 3.63) is 58.6 Å². The number of benzene rings is 2. The van der Waals surface area contributed by atoms with Crippen LogP contribution in [0.15, 0.2) is 47.4 Å². The van der Waals surface area contributed by atoms with E-state index in [0.29, 0.717) is 16.3 Å². The van der Waals surface area contributed by atoms with Gasteiger partial charge in [-0.1, -0.05) is 29.8 Å². The number of nitrogens with one attached hydrogen (secondary N) is 1. The van der Waals surface area contributed by atoms with Crippen LogP contribution < -0.4 is 10.5 Å². The van der Waals surface area contributed by atoms with E-state index in [9.17, 15) is 8.42 Å². The Labute approximate surface area is 123 Å². The van der Waals surface area contributed by atoms with Crippen LogP contribution in [-0.2, 0) is 16.6 Å². The quantitative estimate of drug-likeness (QED) is 0.853. The summed E-state index contributed by atoms with van der Waals surface area (Å²) in [5.41, 5.74) is 7.58. The molecule has 0 bridgehead atoms. The van der Waals surface area contributed by atoms with Gasteiger partial charge >= 0.3 is 0 Å². The molecule has 6 heteroatoms. The lowest BCUT2D eigenvalue weighted by molar-refractivity contribution is 0.580. The molecule has 0 aliphatic heterocycles. The molecule has 0 radical (unpaired) electrons. The SMILES string of the molecule is Cc1c(N)cccc1S(=O)(=O)NCc1ccc(Cl)cc1. The zero-order valence-electron chi connectivity index (χ0n) is 10.9. The largest absolute Gasteiger partial charge is 0.398 e. The molecule has 0 aliphatic rings. The molecule has 0 aliphatic carbocycles. The van der Waals surface area contributed by atoms with E-state index in [4.69, 9.17) is 17.3 Å². The molecule has 0 saturated heterocycles. The monoisotopic (exact) mass is 310 g/mol. The molecule has 20 heavy (non-hydrogen) atoms. The summed E-state index contributed by atoms with van der Waals surface area (Å²) in [6, 6.07) is 11.8. The Hall–Kier alpha value is -1.56. The molecule has 0 atom stereocenters. The number of halogens is 1. The van der Waals surface area contributed by atoms with Crippen LogP contribution >= 0.6 is 11.6 Å². The number of hydrogen-bond donors (Lipinski definition) is 2. The number of hydrogen-bond acceptors (Lipinski definition) is 3. The minimum atomic E-state index is -3.58. The molecule has 0 unspecified atom stereocenters. The first kappa shape index (κ1) is 14.8. The van der Waals surface area contributed by atoms with Crippen molar-refractivity contribution in [1.82, 2.24) is 4.72 Å². The van der Waals surface area contributed by atoms with Gasteiger partial charge in [0.05, 0.1) is 4.90 Å². The molecule has 0 saturated carbocycles. The van der Waals surface area contributed by atoms with Gasteiger partial charge < -0.3 is 5.73 Å². The molecular formula is C14H15ClN2O2S. The van der Waals surface area contributed by atoms with Gasteiger partial charge in [-0.25, -0.2) is 13.1 Å². The second kappa shape index (κ2) is 5.83. The van der Waals surface area contributed by atoms with Crippen LogP contribution in [0.4, 0.5) is 5.69 Å². The minimum absolute atomic E-state index is 0.200. The van der Waals surface area contributed by atoms with E-state index >= 15 is 0 Å². The average molecular weight is 311 g/mol. The maximum Gasteiger partial charge on any atom is 0.241 e. The third-order valence-electron chi connectivity index (χ3n) is 3.00. The summed E-state index contributed by atoms with van der Waals surface area (Å²) >= 11 is 5.78. The normalized spacial score (nSPS) is 11.5. The maximum absolute atomic E-state index is 12.3. The van der Waals surface area contributed by atoms with Crippen molar-refractivity contribution in [1.29, 1.82) is 0 Å². The average Bonchev–Trinajstić information content (AvgIpc) is 2.41.